The van der Waals surface area contributed by atoms with Crippen LogP contribution >= 0.6 is 0 Å². The van der Waals surface area contributed by atoms with Gasteiger partial charge >= 0.3 is 0 Å². The minimum atomic E-state index is -1.22. The first-order chi connectivity index (χ1) is 18.1. The fraction of sp³-hybridized carbons (Fsp3) is 0.633. The Labute approximate surface area is 224 Å². The minimum Gasteiger partial charge on any atom is -0.392 e. The van der Waals surface area contributed by atoms with E-state index in [1.165, 1.54) is 6.08 Å². The van der Waals surface area contributed by atoms with Gasteiger partial charge in [0.2, 0.25) is 5.91 Å². The van der Waals surface area contributed by atoms with E-state index in [1.54, 1.807) is 30.5 Å². The lowest BCUT2D eigenvalue weighted by Crippen LogP contribution is -2.54. The minimum absolute atomic E-state index is 0.137. The molecule has 1 aromatic rings. The van der Waals surface area contributed by atoms with Gasteiger partial charge in [0, 0.05) is 18.5 Å². The largest absolute Gasteiger partial charge is 0.392 e. The van der Waals surface area contributed by atoms with E-state index in [0.717, 1.165) is 19.3 Å². The van der Waals surface area contributed by atoms with Gasteiger partial charge in [0.15, 0.2) is 0 Å². The maximum absolute atomic E-state index is 15.5. The number of epoxide rings is 1. The van der Waals surface area contributed by atoms with Crippen LogP contribution in [0.3, 0.4) is 0 Å². The molecule has 0 aromatic carbocycles. The van der Waals surface area contributed by atoms with Crippen LogP contribution in [0.5, 0.6) is 0 Å². The topological polar surface area (TPSA) is 112 Å². The van der Waals surface area contributed by atoms with Gasteiger partial charge in [-0.3, -0.25) is 14.6 Å². The van der Waals surface area contributed by atoms with Crippen molar-refractivity contribution in [3.05, 3.63) is 48.6 Å². The molecule has 1 amide bonds. The molecule has 3 aliphatic rings. The van der Waals surface area contributed by atoms with E-state index in [4.69, 9.17) is 4.74 Å². The zero-order valence-electron chi connectivity index (χ0n) is 22.4. The number of Topliss-reactive ketones (excluding diaryl/α,β-unsaturated/α-hetero) is 1. The Hall–Kier alpha value is -2.42. The number of nitrogens with zero attached hydrogens (tertiary/aromatic N) is 1. The standard InChI is InChI=1S/C30H41FN2O5/c1-4-9-21-27(36)19(2)10-7-12-29(3)25(38-29)17-23(22(31)16-20-11-5-6-15-32-20)33-26(35)18-24(34)30(28(21)37)13-8-14-30/h4-6,11,15-16,19,21,23-25,27,34,36H,1,7-10,12-14,17-18H2,2-3H3,(H,33,35)/t19-,21+,23-,24-,25?,27+,29?/m0/s1. The van der Waals surface area contributed by atoms with Crippen molar-refractivity contribution in [1.29, 1.82) is 0 Å². The van der Waals surface area contributed by atoms with Crippen molar-refractivity contribution < 1.29 is 28.9 Å². The van der Waals surface area contributed by atoms with Crippen molar-refractivity contribution in [2.24, 2.45) is 17.3 Å². The summed E-state index contributed by atoms with van der Waals surface area (Å²) in [5.41, 5.74) is -1.09. The van der Waals surface area contributed by atoms with Crippen molar-refractivity contribution >= 4 is 17.8 Å². The van der Waals surface area contributed by atoms with Crippen LogP contribution in [-0.4, -0.2) is 56.8 Å². The Morgan fingerprint density at radius 1 is 1.26 bits per heavy atom. The third-order valence-corrected chi connectivity index (χ3v) is 8.97. The lowest BCUT2D eigenvalue weighted by atomic mass is 9.58. The van der Waals surface area contributed by atoms with E-state index in [1.807, 2.05) is 13.8 Å². The zero-order valence-corrected chi connectivity index (χ0v) is 22.4. The molecule has 38 heavy (non-hydrogen) atoms. The van der Waals surface area contributed by atoms with Crippen LogP contribution in [0.25, 0.3) is 6.08 Å². The van der Waals surface area contributed by atoms with Gasteiger partial charge in [-0.05, 0) is 63.2 Å². The number of aliphatic hydroxyl groups is 2. The quantitative estimate of drug-likeness (QED) is 0.397. The zero-order chi connectivity index (χ0) is 27.5. The first-order valence-electron chi connectivity index (χ1n) is 13.9. The highest BCUT2D eigenvalue weighted by Gasteiger charge is 2.55. The molecule has 0 radical (unpaired) electrons. The molecule has 7 nitrogen and oxygen atoms in total. The highest BCUT2D eigenvalue weighted by atomic mass is 19.1. The Morgan fingerprint density at radius 2 is 2.03 bits per heavy atom. The summed E-state index contributed by atoms with van der Waals surface area (Å²) in [4.78, 5) is 31.1. The predicted octanol–water partition coefficient (Wildman–Crippen LogP) is 4.29. The van der Waals surface area contributed by atoms with Gasteiger partial charge in [-0.1, -0.05) is 31.9 Å². The Balaban J connectivity index is 1.61. The summed E-state index contributed by atoms with van der Waals surface area (Å²) in [5, 5.41) is 25.1. The number of aromatic nitrogens is 1. The van der Waals surface area contributed by atoms with E-state index in [2.05, 4.69) is 16.9 Å². The summed E-state index contributed by atoms with van der Waals surface area (Å²) in [5.74, 6) is -2.11. The van der Waals surface area contributed by atoms with Gasteiger partial charge in [0.25, 0.3) is 0 Å². The maximum atomic E-state index is 15.5. The van der Waals surface area contributed by atoms with Gasteiger partial charge in [0.05, 0.1) is 47.5 Å². The molecule has 1 aromatic heterocycles. The summed E-state index contributed by atoms with van der Waals surface area (Å²) >= 11 is 0. The molecule has 1 spiro atoms. The Bertz CT molecular complexity index is 1040. The van der Waals surface area contributed by atoms with Crippen LogP contribution in [0.2, 0.25) is 0 Å². The molecule has 8 heteroatoms. The number of fused-ring (bicyclic) bond motifs is 1. The fourth-order valence-electron chi connectivity index (χ4n) is 6.18. The molecule has 208 valence electrons. The second kappa shape index (κ2) is 11.8. The molecule has 4 rings (SSSR count). The lowest BCUT2D eigenvalue weighted by Gasteiger charge is -2.46. The molecule has 2 unspecified atom stereocenters. The van der Waals surface area contributed by atoms with Crippen molar-refractivity contribution in [2.75, 3.05) is 0 Å². The molecule has 3 fully saturated rings. The van der Waals surface area contributed by atoms with Gasteiger partial charge < -0.3 is 20.3 Å². The number of hydrogen-bond acceptors (Lipinski definition) is 6. The number of nitrogens with one attached hydrogen (secondary N) is 1. The Morgan fingerprint density at radius 3 is 2.66 bits per heavy atom. The molecule has 1 aliphatic carbocycles. The number of amides is 1. The summed E-state index contributed by atoms with van der Waals surface area (Å²) in [7, 11) is 0. The van der Waals surface area contributed by atoms with E-state index in [0.29, 0.717) is 31.4 Å². The molecule has 2 saturated heterocycles. The molecule has 3 heterocycles. The highest BCUT2D eigenvalue weighted by molar-refractivity contribution is 5.90. The second-order valence-electron chi connectivity index (χ2n) is 11.6. The monoisotopic (exact) mass is 528 g/mol. The number of carbonyl (C=O) groups is 2. The van der Waals surface area contributed by atoms with E-state index < -0.39 is 46.9 Å². The molecule has 7 atom stereocenters. The van der Waals surface area contributed by atoms with Crippen molar-refractivity contribution in [3.63, 3.8) is 0 Å². The van der Waals surface area contributed by atoms with E-state index in [9.17, 15) is 19.8 Å². The lowest BCUT2D eigenvalue weighted by molar-refractivity contribution is -0.155. The fourth-order valence-corrected chi connectivity index (χ4v) is 6.18. The SMILES string of the molecule is C=CC[C@H]1C(=O)C2(CCC2)[C@@H](O)CC(=O)N[C@H](C(F)=Cc2ccccn2)CC2OC2(C)CCC[C@H](C)[C@H]1O. The van der Waals surface area contributed by atoms with Crippen LogP contribution < -0.4 is 5.32 Å². The summed E-state index contributed by atoms with van der Waals surface area (Å²) in [6.07, 6.45) is 6.29. The molecular formula is C30H41FN2O5. The van der Waals surface area contributed by atoms with Gasteiger partial charge in [0.1, 0.15) is 11.6 Å². The molecule has 2 aliphatic heterocycles. The number of hydrogen-bond donors (Lipinski definition) is 3. The number of aliphatic hydroxyl groups excluding tert-OH is 2. The van der Waals surface area contributed by atoms with Crippen molar-refractivity contribution in [2.45, 2.75) is 102 Å². The smallest absolute Gasteiger partial charge is 0.223 e. The number of allylic oxidation sites excluding steroid dienone is 1. The third kappa shape index (κ3) is 6.08. The van der Waals surface area contributed by atoms with Crippen LogP contribution in [0.15, 0.2) is 42.9 Å². The highest BCUT2D eigenvalue weighted by Crippen LogP contribution is 2.49. The average molecular weight is 529 g/mol. The number of rotatable bonds is 4. The average Bonchev–Trinajstić information content (AvgIpc) is 3.49. The number of ether oxygens (including phenoxy) is 1. The van der Waals surface area contributed by atoms with Gasteiger partial charge in [-0.25, -0.2) is 4.39 Å². The van der Waals surface area contributed by atoms with Crippen molar-refractivity contribution in [1.82, 2.24) is 10.3 Å². The van der Waals surface area contributed by atoms with E-state index >= 15 is 4.39 Å². The number of pyridine rings is 1. The van der Waals surface area contributed by atoms with Crippen LogP contribution in [0, 0.1) is 17.3 Å². The first-order valence-corrected chi connectivity index (χ1v) is 13.9. The van der Waals surface area contributed by atoms with Crippen LogP contribution in [-0.2, 0) is 14.3 Å². The molecule has 0 bridgehead atoms. The second-order valence-corrected chi connectivity index (χ2v) is 11.6. The van der Waals surface area contributed by atoms with Crippen molar-refractivity contribution in [3.8, 4) is 0 Å². The predicted molar refractivity (Wildman–Crippen MR) is 142 cm³/mol. The van der Waals surface area contributed by atoms with Crippen LogP contribution in [0.1, 0.15) is 77.3 Å². The summed E-state index contributed by atoms with van der Waals surface area (Å²) < 4.78 is 21.4. The maximum Gasteiger partial charge on any atom is 0.223 e. The molecular weight excluding hydrogens is 487 g/mol. The summed E-state index contributed by atoms with van der Waals surface area (Å²) in [6.45, 7) is 7.70. The normalized spacial score (nSPS) is 36.6. The van der Waals surface area contributed by atoms with Gasteiger partial charge in [-0.15, -0.1) is 6.58 Å². The van der Waals surface area contributed by atoms with Crippen LogP contribution in [0.4, 0.5) is 4.39 Å². The van der Waals surface area contributed by atoms with Gasteiger partial charge in [-0.2, -0.15) is 0 Å². The third-order valence-electron chi connectivity index (χ3n) is 8.97. The number of halogens is 1. The molecule has 3 N–H and O–H groups in total. The molecule has 1 saturated carbocycles. The number of carbonyl (C=O) groups excluding carboxylic acids is 2. The Kier molecular flexibility index (Phi) is 8.85. The van der Waals surface area contributed by atoms with E-state index in [-0.39, 0.29) is 30.6 Å². The summed E-state index contributed by atoms with van der Waals surface area (Å²) in [6, 6.07) is 4.23. The number of ketones is 1. The first kappa shape index (κ1) is 28.6.